The van der Waals surface area contributed by atoms with E-state index in [2.05, 4.69) is 29.9 Å². The number of methoxy groups -OCH3 is 1. The fourth-order valence-electron chi connectivity index (χ4n) is 7.46. The molecule has 11 heteroatoms. The average molecular weight is 610 g/mol. The van der Waals surface area contributed by atoms with Crippen LogP contribution in [0.5, 0.6) is 5.75 Å². The van der Waals surface area contributed by atoms with E-state index in [1.165, 1.54) is 11.1 Å². The molecule has 0 saturated heterocycles. The number of aryl methyl sites for hydroxylation is 1. The van der Waals surface area contributed by atoms with Gasteiger partial charge in [0, 0.05) is 33.2 Å². The number of fused-ring (bicyclic) bond motifs is 5. The number of likely N-dealkylation sites (N-methyl/N-ethyl adjacent to an activating group) is 1. The van der Waals surface area contributed by atoms with Crippen molar-refractivity contribution in [1.82, 2.24) is 4.90 Å². The monoisotopic (exact) mass is 609 g/mol. The molecule has 3 aliphatic rings. The van der Waals surface area contributed by atoms with Gasteiger partial charge in [0.25, 0.3) is 5.60 Å². The summed E-state index contributed by atoms with van der Waals surface area (Å²) in [6.45, 7) is 3.68. The first kappa shape index (κ1) is 33.3. The molecule has 1 aromatic carbocycles. The molecule has 240 valence electrons. The molecule has 0 aliphatic heterocycles. The van der Waals surface area contributed by atoms with Crippen LogP contribution in [0, 0.1) is 17.3 Å². The maximum atomic E-state index is 13.0. The van der Waals surface area contributed by atoms with E-state index in [1.807, 2.05) is 0 Å². The van der Waals surface area contributed by atoms with Crippen molar-refractivity contribution in [3.63, 3.8) is 0 Å². The standard InChI is InChI=1S/C31H45F6NO4/c1-28-13-12-24-23-9-7-22(40-17-5-16-39-4)20-21(23)6-8-25(24)26(28)10-11-27(28)41-18-14-38(3)15-19-42-29(2,30(32,33)34)31(35,36)37/h7,9,20,24-27H,5-6,8,10-19H2,1-4H3/t24?,25?,26?,27-,28-/m0/s1. The molecule has 4 rings (SSSR count). The van der Waals surface area contributed by atoms with Crippen molar-refractivity contribution >= 4 is 0 Å². The van der Waals surface area contributed by atoms with Gasteiger partial charge in [-0.25, -0.2) is 0 Å². The van der Waals surface area contributed by atoms with Crippen LogP contribution in [-0.4, -0.2) is 82.6 Å². The smallest absolute Gasteiger partial charge is 0.426 e. The second-order valence-corrected chi connectivity index (χ2v) is 12.6. The van der Waals surface area contributed by atoms with Gasteiger partial charge in [-0.1, -0.05) is 13.0 Å². The molecule has 2 saturated carbocycles. The fraction of sp³-hybridized carbons (Fsp3) is 0.806. The predicted octanol–water partition coefficient (Wildman–Crippen LogP) is 7.17. The van der Waals surface area contributed by atoms with Crippen LogP contribution < -0.4 is 4.74 Å². The molecular formula is C31H45F6NO4. The van der Waals surface area contributed by atoms with Gasteiger partial charge in [-0.15, -0.1) is 0 Å². The first-order valence-electron chi connectivity index (χ1n) is 15.0. The minimum absolute atomic E-state index is 0.0321. The molecule has 5 nitrogen and oxygen atoms in total. The van der Waals surface area contributed by atoms with E-state index < -0.39 is 24.6 Å². The highest BCUT2D eigenvalue weighted by Gasteiger charge is 2.69. The number of nitrogens with zero attached hydrogens (tertiary/aromatic N) is 1. The van der Waals surface area contributed by atoms with Gasteiger partial charge in [0.2, 0.25) is 0 Å². The van der Waals surface area contributed by atoms with Crippen molar-refractivity contribution in [3.05, 3.63) is 29.3 Å². The van der Waals surface area contributed by atoms with E-state index in [4.69, 9.17) is 14.2 Å². The highest BCUT2D eigenvalue weighted by Crippen LogP contribution is 2.61. The summed E-state index contributed by atoms with van der Waals surface area (Å²) in [6, 6.07) is 6.56. The molecule has 42 heavy (non-hydrogen) atoms. The Bertz CT molecular complexity index is 1020. The van der Waals surface area contributed by atoms with E-state index in [9.17, 15) is 26.3 Å². The van der Waals surface area contributed by atoms with E-state index in [0.29, 0.717) is 44.1 Å². The Morgan fingerprint density at radius 3 is 2.33 bits per heavy atom. The van der Waals surface area contributed by atoms with Crippen molar-refractivity contribution in [2.75, 3.05) is 53.7 Å². The summed E-state index contributed by atoms with van der Waals surface area (Å²) >= 11 is 0. The fourth-order valence-corrected chi connectivity index (χ4v) is 7.46. The summed E-state index contributed by atoms with van der Waals surface area (Å²) in [5, 5.41) is 0. The average Bonchev–Trinajstić information content (AvgIpc) is 3.25. The first-order valence-corrected chi connectivity index (χ1v) is 15.0. The Hall–Kier alpha value is -1.56. The van der Waals surface area contributed by atoms with Crippen LogP contribution in [0.3, 0.4) is 0 Å². The van der Waals surface area contributed by atoms with Crippen LogP contribution >= 0.6 is 0 Å². The maximum Gasteiger partial charge on any atom is 0.426 e. The minimum Gasteiger partial charge on any atom is -0.493 e. The Kier molecular flexibility index (Phi) is 10.5. The van der Waals surface area contributed by atoms with Crippen LogP contribution in [0.25, 0.3) is 0 Å². The summed E-state index contributed by atoms with van der Waals surface area (Å²) < 4.78 is 100.0. The number of hydrogen-bond acceptors (Lipinski definition) is 5. The van der Waals surface area contributed by atoms with Gasteiger partial charge in [-0.05, 0) is 98.9 Å². The summed E-state index contributed by atoms with van der Waals surface area (Å²) in [5.41, 5.74) is -1.28. The number of halogens is 6. The Labute approximate surface area is 245 Å². The van der Waals surface area contributed by atoms with Gasteiger partial charge in [0.05, 0.1) is 25.9 Å². The van der Waals surface area contributed by atoms with Gasteiger partial charge in [-0.3, -0.25) is 0 Å². The second kappa shape index (κ2) is 13.2. The predicted molar refractivity (Wildman–Crippen MR) is 147 cm³/mol. The Morgan fingerprint density at radius 2 is 1.64 bits per heavy atom. The number of rotatable bonds is 13. The van der Waals surface area contributed by atoms with Gasteiger partial charge in [0.1, 0.15) is 5.75 Å². The first-order chi connectivity index (χ1) is 19.7. The van der Waals surface area contributed by atoms with Crippen molar-refractivity contribution < 1.29 is 45.3 Å². The molecule has 5 atom stereocenters. The lowest BCUT2D eigenvalue weighted by atomic mass is 9.55. The normalized spacial score (nSPS) is 28.0. The zero-order valence-corrected chi connectivity index (χ0v) is 25.1. The molecule has 0 aromatic heterocycles. The van der Waals surface area contributed by atoms with Gasteiger partial charge in [-0.2, -0.15) is 26.3 Å². The van der Waals surface area contributed by atoms with Crippen molar-refractivity contribution in [1.29, 1.82) is 0 Å². The third-order valence-corrected chi connectivity index (χ3v) is 10.1. The maximum absolute atomic E-state index is 13.0. The molecule has 3 unspecified atom stereocenters. The number of alkyl halides is 6. The zero-order valence-electron chi connectivity index (χ0n) is 25.1. The lowest BCUT2D eigenvalue weighted by molar-refractivity contribution is -0.374. The topological polar surface area (TPSA) is 40.2 Å². The largest absolute Gasteiger partial charge is 0.493 e. The number of benzene rings is 1. The molecule has 0 spiro atoms. The molecule has 0 bridgehead atoms. The lowest BCUT2D eigenvalue weighted by Gasteiger charge is -2.50. The van der Waals surface area contributed by atoms with E-state index in [-0.39, 0.29) is 25.0 Å². The molecule has 0 amide bonds. The van der Waals surface area contributed by atoms with Crippen LogP contribution in [-0.2, 0) is 20.6 Å². The van der Waals surface area contributed by atoms with Crippen molar-refractivity contribution in [2.45, 2.75) is 88.8 Å². The zero-order chi connectivity index (χ0) is 30.8. The summed E-state index contributed by atoms with van der Waals surface area (Å²) in [4.78, 5) is 1.65. The SMILES string of the molecule is COCCCOc1ccc2c(c1)CCC1C2CC[C@@]2(C)C1CC[C@@H]2OCCN(C)CCOC(C)(C(F)(F)F)C(F)(F)F. The van der Waals surface area contributed by atoms with E-state index >= 15 is 0 Å². The summed E-state index contributed by atoms with van der Waals surface area (Å²) in [7, 11) is 3.33. The van der Waals surface area contributed by atoms with Crippen LogP contribution in [0.4, 0.5) is 26.3 Å². The highest BCUT2D eigenvalue weighted by atomic mass is 19.4. The molecule has 0 heterocycles. The molecule has 0 N–H and O–H groups in total. The molecule has 1 aromatic rings. The van der Waals surface area contributed by atoms with Gasteiger partial charge >= 0.3 is 12.4 Å². The summed E-state index contributed by atoms with van der Waals surface area (Å²) in [6.07, 6.45) is -3.73. The van der Waals surface area contributed by atoms with Crippen molar-refractivity contribution in [2.24, 2.45) is 17.3 Å². The molecule has 2 fully saturated rings. The number of hydrogen-bond donors (Lipinski definition) is 0. The Morgan fingerprint density at radius 1 is 0.929 bits per heavy atom. The van der Waals surface area contributed by atoms with Crippen LogP contribution in [0.1, 0.15) is 69.4 Å². The Balaban J connectivity index is 1.26. The highest BCUT2D eigenvalue weighted by molar-refractivity contribution is 5.40. The second-order valence-electron chi connectivity index (χ2n) is 12.6. The van der Waals surface area contributed by atoms with Crippen LogP contribution in [0.2, 0.25) is 0 Å². The minimum atomic E-state index is -5.55. The molecule has 0 radical (unpaired) electrons. The van der Waals surface area contributed by atoms with Gasteiger partial charge in [0.15, 0.2) is 0 Å². The van der Waals surface area contributed by atoms with E-state index in [0.717, 1.165) is 50.7 Å². The van der Waals surface area contributed by atoms with Gasteiger partial charge < -0.3 is 23.8 Å². The quantitative estimate of drug-likeness (QED) is 0.175. The van der Waals surface area contributed by atoms with Crippen molar-refractivity contribution in [3.8, 4) is 5.75 Å². The van der Waals surface area contributed by atoms with E-state index in [1.54, 1.807) is 19.1 Å². The molecular weight excluding hydrogens is 564 g/mol. The number of ether oxygens (including phenoxy) is 4. The van der Waals surface area contributed by atoms with Crippen LogP contribution in [0.15, 0.2) is 18.2 Å². The molecule has 3 aliphatic carbocycles. The third-order valence-electron chi connectivity index (χ3n) is 10.1. The summed E-state index contributed by atoms with van der Waals surface area (Å²) in [5.74, 6) is 2.63. The lowest BCUT2D eigenvalue weighted by Crippen LogP contribution is -2.57. The third kappa shape index (κ3) is 6.89.